The van der Waals surface area contributed by atoms with Crippen molar-refractivity contribution in [1.82, 2.24) is 4.31 Å². The van der Waals surface area contributed by atoms with E-state index >= 15 is 0 Å². The lowest BCUT2D eigenvalue weighted by Gasteiger charge is -2.29. The van der Waals surface area contributed by atoms with Crippen LogP contribution in [-0.2, 0) is 19.6 Å². The summed E-state index contributed by atoms with van der Waals surface area (Å²) in [5.74, 6) is -0.189. The van der Waals surface area contributed by atoms with E-state index in [9.17, 15) is 22.4 Å². The van der Waals surface area contributed by atoms with Crippen LogP contribution >= 0.6 is 0 Å². The normalized spacial score (nSPS) is 16.1. The number of methoxy groups -OCH3 is 3. The van der Waals surface area contributed by atoms with E-state index in [0.29, 0.717) is 28.5 Å². The molecule has 11 heteroatoms. The van der Waals surface area contributed by atoms with E-state index in [0.717, 1.165) is 4.31 Å². The highest BCUT2D eigenvalue weighted by molar-refractivity contribution is 7.89. The Labute approximate surface area is 237 Å². The first-order valence-electron chi connectivity index (χ1n) is 12.5. The monoisotopic (exact) mass is 580 g/mol. The van der Waals surface area contributed by atoms with Crippen molar-refractivity contribution in [2.24, 2.45) is 0 Å². The number of nitrogens with one attached hydrogen (secondary N) is 1. The van der Waals surface area contributed by atoms with Crippen LogP contribution in [0.5, 0.6) is 17.2 Å². The average molecular weight is 581 g/mol. The van der Waals surface area contributed by atoms with E-state index < -0.39 is 21.6 Å². The molecule has 1 amide bonds. The summed E-state index contributed by atoms with van der Waals surface area (Å²) in [5.41, 5.74) is 1.35. The molecule has 0 radical (unpaired) electrons. The number of ketones is 1. The molecule has 41 heavy (non-hydrogen) atoms. The van der Waals surface area contributed by atoms with Crippen molar-refractivity contribution in [2.75, 3.05) is 39.7 Å². The second-order valence-corrected chi connectivity index (χ2v) is 11.1. The number of carbonyl (C=O) groups is 2. The fourth-order valence-electron chi connectivity index (χ4n) is 4.41. The Morgan fingerprint density at radius 1 is 0.902 bits per heavy atom. The van der Waals surface area contributed by atoms with E-state index in [2.05, 4.69) is 5.32 Å². The van der Waals surface area contributed by atoms with Gasteiger partial charge >= 0.3 is 0 Å². The second-order valence-electron chi connectivity index (χ2n) is 9.13. The van der Waals surface area contributed by atoms with Crippen molar-refractivity contribution < 1.29 is 36.6 Å². The third kappa shape index (κ3) is 6.47. The Bertz CT molecular complexity index is 1620. The minimum Gasteiger partial charge on any atom is -0.493 e. The van der Waals surface area contributed by atoms with Crippen LogP contribution in [0, 0.1) is 5.82 Å². The molecule has 1 heterocycles. The second kappa shape index (κ2) is 12.4. The van der Waals surface area contributed by atoms with E-state index in [-0.39, 0.29) is 40.6 Å². The quantitative estimate of drug-likeness (QED) is 0.389. The molecular formula is C30H29FN2O7S. The van der Waals surface area contributed by atoms with Gasteiger partial charge < -0.3 is 19.5 Å². The molecule has 0 spiro atoms. The Kier molecular flexibility index (Phi) is 8.89. The van der Waals surface area contributed by atoms with Crippen LogP contribution in [0.3, 0.4) is 0 Å². The van der Waals surface area contributed by atoms with Crippen LogP contribution in [0.1, 0.15) is 18.1 Å². The van der Waals surface area contributed by atoms with Gasteiger partial charge in [-0.25, -0.2) is 12.8 Å². The first-order chi connectivity index (χ1) is 19.6. The molecule has 0 aromatic heterocycles. The zero-order chi connectivity index (χ0) is 29.7. The summed E-state index contributed by atoms with van der Waals surface area (Å²) in [6.45, 7) is 0.843. The van der Waals surface area contributed by atoms with Gasteiger partial charge in [0.05, 0.1) is 26.2 Å². The van der Waals surface area contributed by atoms with Gasteiger partial charge in [0.1, 0.15) is 5.82 Å². The van der Waals surface area contributed by atoms with Crippen molar-refractivity contribution >= 4 is 39.6 Å². The number of nitrogens with zero attached hydrogens (tertiary/aromatic N) is 1. The highest BCUT2D eigenvalue weighted by Gasteiger charge is 2.34. The molecule has 0 atom stereocenters. The standard InChI is InChI=1S/C30H29FN2O7S/c1-19(34)32-24-9-11-25(12-10-24)41(36,37)33-17-22(13-20-14-27(38-2)30(40-4)28(15-20)39-3)29(35)23(18-33)16-21-7-5-6-8-26(21)31/h5-16H,17-18H2,1-4H3,(H,32,34). The zero-order valence-electron chi connectivity index (χ0n) is 22.9. The summed E-state index contributed by atoms with van der Waals surface area (Å²) < 4.78 is 59.3. The van der Waals surface area contributed by atoms with E-state index in [1.165, 1.54) is 76.8 Å². The lowest BCUT2D eigenvalue weighted by atomic mass is 9.95. The molecule has 1 saturated heterocycles. The third-order valence-electron chi connectivity index (χ3n) is 6.35. The number of hydrogen-bond donors (Lipinski definition) is 1. The molecule has 0 saturated carbocycles. The summed E-state index contributed by atoms with van der Waals surface area (Å²) in [6.07, 6.45) is 2.91. The molecule has 0 unspecified atom stereocenters. The van der Waals surface area contributed by atoms with Crippen molar-refractivity contribution in [1.29, 1.82) is 0 Å². The summed E-state index contributed by atoms with van der Waals surface area (Å²) in [4.78, 5) is 25.0. The van der Waals surface area contributed by atoms with Gasteiger partial charge in [-0.3, -0.25) is 9.59 Å². The maximum Gasteiger partial charge on any atom is 0.243 e. The van der Waals surface area contributed by atoms with Gasteiger partial charge in [0.15, 0.2) is 17.3 Å². The van der Waals surface area contributed by atoms with Crippen molar-refractivity contribution in [2.45, 2.75) is 11.8 Å². The average Bonchev–Trinajstić information content (AvgIpc) is 2.95. The maximum absolute atomic E-state index is 14.5. The van der Waals surface area contributed by atoms with Crippen LogP contribution < -0.4 is 19.5 Å². The lowest BCUT2D eigenvalue weighted by molar-refractivity contribution is -0.114. The number of rotatable bonds is 8. The largest absolute Gasteiger partial charge is 0.493 e. The number of ether oxygens (including phenoxy) is 3. The van der Waals surface area contributed by atoms with E-state index in [1.54, 1.807) is 24.3 Å². The first-order valence-corrected chi connectivity index (χ1v) is 13.9. The number of amides is 1. The van der Waals surface area contributed by atoms with Gasteiger partial charge in [-0.1, -0.05) is 18.2 Å². The van der Waals surface area contributed by atoms with Crippen LogP contribution in [0.25, 0.3) is 12.2 Å². The van der Waals surface area contributed by atoms with Crippen molar-refractivity contribution in [3.8, 4) is 17.2 Å². The minimum absolute atomic E-state index is 0.0293. The molecular weight excluding hydrogens is 551 g/mol. The predicted molar refractivity (Wildman–Crippen MR) is 153 cm³/mol. The fourth-order valence-corrected chi connectivity index (χ4v) is 5.80. The molecule has 214 valence electrons. The minimum atomic E-state index is -4.10. The number of anilines is 1. The Hall–Kier alpha value is -4.48. The molecule has 1 aliphatic rings. The first kappa shape index (κ1) is 29.5. The summed E-state index contributed by atoms with van der Waals surface area (Å²) in [7, 11) is 0.281. The van der Waals surface area contributed by atoms with Gasteiger partial charge in [-0.05, 0) is 60.2 Å². The van der Waals surface area contributed by atoms with Crippen molar-refractivity contribution in [3.63, 3.8) is 0 Å². The third-order valence-corrected chi connectivity index (χ3v) is 8.16. The van der Waals surface area contributed by atoms with Crippen molar-refractivity contribution in [3.05, 3.63) is 88.8 Å². The molecule has 1 aliphatic heterocycles. The summed E-state index contributed by atoms with van der Waals surface area (Å²) in [6, 6.07) is 14.9. The predicted octanol–water partition coefficient (Wildman–Crippen LogP) is 4.55. The van der Waals surface area contributed by atoms with Crippen LogP contribution in [0.4, 0.5) is 10.1 Å². The number of halogens is 1. The molecule has 9 nitrogen and oxygen atoms in total. The van der Waals surface area contributed by atoms with Crippen LogP contribution in [0.15, 0.2) is 76.7 Å². The molecule has 4 rings (SSSR count). The smallest absolute Gasteiger partial charge is 0.243 e. The highest BCUT2D eigenvalue weighted by atomic mass is 32.2. The Morgan fingerprint density at radius 2 is 1.49 bits per heavy atom. The van der Waals surface area contributed by atoms with Gasteiger partial charge in [0.2, 0.25) is 21.7 Å². The number of carbonyl (C=O) groups excluding carboxylic acids is 2. The number of benzene rings is 3. The Morgan fingerprint density at radius 3 is 2.02 bits per heavy atom. The molecule has 3 aromatic carbocycles. The summed E-state index contributed by atoms with van der Waals surface area (Å²) in [5, 5.41) is 2.59. The number of Topliss-reactive ketones (excluding diaryl/α,β-unsaturated/α-hetero) is 1. The van der Waals surface area contributed by atoms with Gasteiger partial charge in [-0.2, -0.15) is 4.31 Å². The Balaban J connectivity index is 1.81. The van der Waals surface area contributed by atoms with Crippen LogP contribution in [-0.4, -0.2) is 58.8 Å². The number of sulfonamides is 1. The zero-order valence-corrected chi connectivity index (χ0v) is 23.8. The van der Waals surface area contributed by atoms with Gasteiger partial charge in [0.25, 0.3) is 0 Å². The topological polar surface area (TPSA) is 111 Å². The molecule has 1 N–H and O–H groups in total. The molecule has 1 fully saturated rings. The number of piperidine rings is 1. The molecule has 3 aromatic rings. The number of hydrogen-bond acceptors (Lipinski definition) is 7. The molecule has 0 bridgehead atoms. The fraction of sp³-hybridized carbons (Fsp3) is 0.200. The molecule has 0 aliphatic carbocycles. The van der Waals surface area contributed by atoms with Crippen LogP contribution in [0.2, 0.25) is 0 Å². The van der Waals surface area contributed by atoms with Gasteiger partial charge in [-0.15, -0.1) is 0 Å². The maximum atomic E-state index is 14.5. The highest BCUT2D eigenvalue weighted by Crippen LogP contribution is 2.39. The van der Waals surface area contributed by atoms with E-state index in [1.807, 2.05) is 0 Å². The lowest BCUT2D eigenvalue weighted by Crippen LogP contribution is -2.41. The SMILES string of the molecule is COc1cc(C=C2CN(S(=O)(=O)c3ccc(NC(C)=O)cc3)CC(=Cc3ccccc3F)C2=O)cc(OC)c1OC. The van der Waals surface area contributed by atoms with E-state index in [4.69, 9.17) is 14.2 Å². The summed E-state index contributed by atoms with van der Waals surface area (Å²) >= 11 is 0. The van der Waals surface area contributed by atoms with Gasteiger partial charge in [0, 0.05) is 42.4 Å².